The van der Waals surface area contributed by atoms with Crippen LogP contribution in [0.2, 0.25) is 10.0 Å². The molecule has 162 valence electrons. The fraction of sp³-hybridized carbons (Fsp3) is 0.286. The number of piperidine rings is 1. The van der Waals surface area contributed by atoms with Crippen LogP contribution in [0.3, 0.4) is 0 Å². The zero-order chi connectivity index (χ0) is 22.0. The van der Waals surface area contributed by atoms with E-state index in [1.54, 1.807) is 23.1 Å². The van der Waals surface area contributed by atoms with E-state index in [2.05, 4.69) is 15.3 Å². The Morgan fingerprint density at radius 2 is 1.97 bits per heavy atom. The number of likely N-dealkylation sites (tertiary alicyclic amines) is 1. The van der Waals surface area contributed by atoms with Gasteiger partial charge >= 0.3 is 0 Å². The maximum absolute atomic E-state index is 13.5. The minimum atomic E-state index is -0.601. The van der Waals surface area contributed by atoms with Crippen LogP contribution in [0.1, 0.15) is 23.5 Å². The monoisotopic (exact) mass is 464 g/mol. The molecule has 0 unspecified atom stereocenters. The van der Waals surface area contributed by atoms with Gasteiger partial charge in [-0.05, 0) is 43.2 Å². The number of hydrogen-bond acceptors (Lipinski definition) is 4. The molecule has 1 fully saturated rings. The molecule has 1 saturated heterocycles. The normalized spacial score (nSPS) is 14.6. The lowest BCUT2D eigenvalue weighted by molar-refractivity contribution is -0.134. The second kappa shape index (κ2) is 9.11. The number of amides is 2. The first-order chi connectivity index (χ1) is 14.9. The lowest BCUT2D eigenvalue weighted by Crippen LogP contribution is -2.47. The number of carbonyl (C=O) groups excluding carboxylic acids is 2. The third-order valence-corrected chi connectivity index (χ3v) is 5.64. The Morgan fingerprint density at radius 3 is 2.71 bits per heavy atom. The lowest BCUT2D eigenvalue weighted by Gasteiger charge is -2.32. The standard InChI is InChI=1S/C21H19Cl2FN4O3/c22-12-1-4-17-18(9-12)27-20(26-17)21(30)25-13-5-7-28(8-6-13)19(29)11-31-14-2-3-15(23)16(24)10-14/h1-4,9-10,13H,5-8,11H2,(H,25,30)(H,26,27). The molecule has 4 rings (SSSR count). The van der Waals surface area contributed by atoms with Gasteiger partial charge in [0.15, 0.2) is 12.4 Å². The molecule has 0 aliphatic carbocycles. The second-order valence-corrected chi connectivity index (χ2v) is 8.08. The Morgan fingerprint density at radius 1 is 1.19 bits per heavy atom. The van der Waals surface area contributed by atoms with E-state index in [1.165, 1.54) is 12.1 Å². The molecule has 3 aromatic rings. The maximum Gasteiger partial charge on any atom is 0.287 e. The molecule has 1 aromatic heterocycles. The summed E-state index contributed by atoms with van der Waals surface area (Å²) in [4.78, 5) is 33.8. The van der Waals surface area contributed by atoms with Crippen molar-refractivity contribution in [3.63, 3.8) is 0 Å². The van der Waals surface area contributed by atoms with Crippen LogP contribution in [0, 0.1) is 5.82 Å². The topological polar surface area (TPSA) is 87.3 Å². The van der Waals surface area contributed by atoms with Crippen molar-refractivity contribution >= 4 is 46.0 Å². The van der Waals surface area contributed by atoms with Crippen molar-refractivity contribution in [2.75, 3.05) is 19.7 Å². The first kappa shape index (κ1) is 21.4. The van der Waals surface area contributed by atoms with E-state index in [0.717, 1.165) is 6.07 Å². The van der Waals surface area contributed by atoms with Gasteiger partial charge in [0.05, 0.1) is 16.1 Å². The molecule has 0 radical (unpaired) electrons. The smallest absolute Gasteiger partial charge is 0.287 e. The van der Waals surface area contributed by atoms with Crippen molar-refractivity contribution in [1.29, 1.82) is 0 Å². The summed E-state index contributed by atoms with van der Waals surface area (Å²) < 4.78 is 18.8. The van der Waals surface area contributed by atoms with Gasteiger partial charge in [-0.2, -0.15) is 0 Å². The largest absolute Gasteiger partial charge is 0.484 e. The molecule has 0 spiro atoms. The number of aromatic nitrogens is 2. The first-order valence-electron chi connectivity index (χ1n) is 9.71. The summed E-state index contributed by atoms with van der Waals surface area (Å²) in [7, 11) is 0. The number of nitrogens with one attached hydrogen (secondary N) is 2. The summed E-state index contributed by atoms with van der Waals surface area (Å²) in [6, 6.07) is 9.13. The molecular formula is C21H19Cl2FN4O3. The average Bonchev–Trinajstić information content (AvgIpc) is 3.18. The van der Waals surface area contributed by atoms with Gasteiger partial charge in [-0.25, -0.2) is 9.37 Å². The maximum atomic E-state index is 13.5. The number of benzene rings is 2. The van der Waals surface area contributed by atoms with Crippen molar-refractivity contribution in [3.8, 4) is 5.75 Å². The van der Waals surface area contributed by atoms with Crippen LogP contribution in [-0.2, 0) is 4.79 Å². The number of nitrogens with zero attached hydrogens (tertiary/aromatic N) is 2. The van der Waals surface area contributed by atoms with E-state index in [4.69, 9.17) is 27.9 Å². The van der Waals surface area contributed by atoms with Crippen molar-refractivity contribution in [1.82, 2.24) is 20.2 Å². The van der Waals surface area contributed by atoms with Crippen LogP contribution in [0.25, 0.3) is 11.0 Å². The van der Waals surface area contributed by atoms with Gasteiger partial charge in [-0.1, -0.05) is 23.2 Å². The quantitative estimate of drug-likeness (QED) is 0.600. The highest BCUT2D eigenvalue weighted by Crippen LogP contribution is 2.21. The number of fused-ring (bicyclic) bond motifs is 1. The fourth-order valence-corrected chi connectivity index (χ4v) is 3.71. The Labute approximate surface area is 187 Å². The minimum Gasteiger partial charge on any atom is -0.484 e. The highest BCUT2D eigenvalue weighted by molar-refractivity contribution is 6.31. The third-order valence-electron chi connectivity index (χ3n) is 5.10. The van der Waals surface area contributed by atoms with E-state index >= 15 is 0 Å². The number of rotatable bonds is 5. The zero-order valence-electron chi connectivity index (χ0n) is 16.3. The molecule has 0 atom stereocenters. The second-order valence-electron chi connectivity index (χ2n) is 7.24. The molecule has 1 aliphatic rings. The van der Waals surface area contributed by atoms with Gasteiger partial charge in [0, 0.05) is 30.2 Å². The van der Waals surface area contributed by atoms with Gasteiger partial charge in [-0.3, -0.25) is 9.59 Å². The zero-order valence-corrected chi connectivity index (χ0v) is 17.8. The number of hydrogen-bond donors (Lipinski definition) is 2. The summed E-state index contributed by atoms with van der Waals surface area (Å²) in [6.07, 6.45) is 1.22. The van der Waals surface area contributed by atoms with E-state index in [0.29, 0.717) is 42.0 Å². The van der Waals surface area contributed by atoms with Gasteiger partial charge in [0.2, 0.25) is 0 Å². The number of ether oxygens (including phenoxy) is 1. The first-order valence-corrected chi connectivity index (χ1v) is 10.5. The summed E-state index contributed by atoms with van der Waals surface area (Å²) in [5, 5.41) is 3.51. The SMILES string of the molecule is O=C(NC1CCN(C(=O)COc2ccc(Cl)c(F)c2)CC1)c1nc2ccc(Cl)cc2[nH]1. The average molecular weight is 465 g/mol. The van der Waals surface area contributed by atoms with Crippen molar-refractivity contribution in [2.24, 2.45) is 0 Å². The molecule has 1 aliphatic heterocycles. The Kier molecular flexibility index (Phi) is 6.29. The molecule has 2 amide bonds. The molecule has 31 heavy (non-hydrogen) atoms. The predicted octanol–water partition coefficient (Wildman–Crippen LogP) is 3.81. The van der Waals surface area contributed by atoms with Crippen molar-refractivity contribution in [2.45, 2.75) is 18.9 Å². The Balaban J connectivity index is 1.26. The fourth-order valence-electron chi connectivity index (χ4n) is 3.42. The Hall–Kier alpha value is -2.84. The number of halogens is 3. The van der Waals surface area contributed by atoms with Gasteiger partial charge in [0.1, 0.15) is 11.6 Å². The molecule has 0 bridgehead atoms. The van der Waals surface area contributed by atoms with E-state index in [1.807, 2.05) is 0 Å². The number of carbonyl (C=O) groups is 2. The van der Waals surface area contributed by atoms with Crippen LogP contribution in [-0.4, -0.2) is 52.4 Å². The number of aromatic amines is 1. The number of imidazole rings is 1. The third kappa shape index (κ3) is 5.08. The highest BCUT2D eigenvalue weighted by atomic mass is 35.5. The molecular weight excluding hydrogens is 446 g/mol. The minimum absolute atomic E-state index is 0.00533. The van der Waals surface area contributed by atoms with Gasteiger partial charge in [0.25, 0.3) is 11.8 Å². The van der Waals surface area contributed by atoms with Crippen LogP contribution in [0.15, 0.2) is 36.4 Å². The van der Waals surface area contributed by atoms with Crippen LogP contribution in [0.5, 0.6) is 5.75 Å². The van der Waals surface area contributed by atoms with Crippen molar-refractivity contribution in [3.05, 3.63) is 58.1 Å². The predicted molar refractivity (Wildman–Crippen MR) is 115 cm³/mol. The van der Waals surface area contributed by atoms with Gasteiger partial charge in [-0.15, -0.1) is 0 Å². The molecule has 10 heteroatoms. The van der Waals surface area contributed by atoms with E-state index in [-0.39, 0.29) is 41.1 Å². The molecule has 2 N–H and O–H groups in total. The van der Waals surface area contributed by atoms with Crippen molar-refractivity contribution < 1.29 is 18.7 Å². The lowest BCUT2D eigenvalue weighted by atomic mass is 10.0. The van der Waals surface area contributed by atoms with Crippen LogP contribution >= 0.6 is 23.2 Å². The summed E-state index contributed by atoms with van der Waals surface area (Å²) in [5.41, 5.74) is 1.36. The molecule has 0 saturated carbocycles. The van der Waals surface area contributed by atoms with E-state index in [9.17, 15) is 14.0 Å². The summed E-state index contributed by atoms with van der Waals surface area (Å²) in [5.74, 6) is -0.640. The van der Waals surface area contributed by atoms with Crippen LogP contribution < -0.4 is 10.1 Å². The van der Waals surface area contributed by atoms with Crippen LogP contribution in [0.4, 0.5) is 4.39 Å². The molecule has 7 nitrogen and oxygen atoms in total. The summed E-state index contributed by atoms with van der Waals surface area (Å²) in [6.45, 7) is 0.773. The van der Waals surface area contributed by atoms with Gasteiger partial charge < -0.3 is 19.9 Å². The Bertz CT molecular complexity index is 1130. The van der Waals surface area contributed by atoms with E-state index < -0.39 is 5.82 Å². The molecule has 2 aromatic carbocycles. The number of H-pyrrole nitrogens is 1. The summed E-state index contributed by atoms with van der Waals surface area (Å²) >= 11 is 11.6. The highest BCUT2D eigenvalue weighted by Gasteiger charge is 2.25. The molecule has 2 heterocycles.